The first-order chi connectivity index (χ1) is 12.7. The van der Waals surface area contributed by atoms with Crippen molar-refractivity contribution in [3.8, 4) is 22.0 Å². The number of aromatic nitrogens is 5. The van der Waals surface area contributed by atoms with Gasteiger partial charge < -0.3 is 4.74 Å². The Morgan fingerprint density at radius 2 is 1.85 bits per heavy atom. The third-order valence-electron chi connectivity index (χ3n) is 3.67. The molecule has 2 aromatic heterocycles. The van der Waals surface area contributed by atoms with Crippen LogP contribution < -0.4 is 4.74 Å². The van der Waals surface area contributed by atoms with Crippen LogP contribution in [-0.4, -0.2) is 31.2 Å². The standard InChI is InChI=1S/C18H13N5O2S/c1-12-2-4-13(5-3-12)17-20-16(10-26-17)18(24)25-15-8-6-14(7-9-15)23-11-19-21-22-23/h2-11H,1H3. The molecule has 0 N–H and O–H groups in total. The number of esters is 1. The normalized spacial score (nSPS) is 10.7. The zero-order chi connectivity index (χ0) is 17.9. The number of tetrazole rings is 1. The molecule has 0 unspecified atom stereocenters. The Labute approximate surface area is 152 Å². The van der Waals surface area contributed by atoms with E-state index in [-0.39, 0.29) is 5.69 Å². The van der Waals surface area contributed by atoms with Gasteiger partial charge in [-0.2, -0.15) is 0 Å². The van der Waals surface area contributed by atoms with E-state index in [1.165, 1.54) is 27.9 Å². The highest BCUT2D eigenvalue weighted by molar-refractivity contribution is 7.13. The second kappa shape index (κ2) is 6.85. The second-order valence-corrected chi connectivity index (χ2v) is 6.40. The van der Waals surface area contributed by atoms with E-state index in [1.54, 1.807) is 29.6 Å². The van der Waals surface area contributed by atoms with Crippen molar-refractivity contribution in [2.45, 2.75) is 6.92 Å². The zero-order valence-corrected chi connectivity index (χ0v) is 14.6. The van der Waals surface area contributed by atoms with Crippen molar-refractivity contribution in [3.63, 3.8) is 0 Å². The maximum Gasteiger partial charge on any atom is 0.363 e. The topological polar surface area (TPSA) is 82.8 Å². The second-order valence-electron chi connectivity index (χ2n) is 5.54. The Bertz CT molecular complexity index is 1020. The Morgan fingerprint density at radius 3 is 2.54 bits per heavy atom. The molecule has 2 heterocycles. The van der Waals surface area contributed by atoms with E-state index in [1.807, 2.05) is 31.2 Å². The molecule has 0 saturated carbocycles. The van der Waals surface area contributed by atoms with E-state index in [9.17, 15) is 4.79 Å². The molecular weight excluding hydrogens is 350 g/mol. The van der Waals surface area contributed by atoms with Gasteiger partial charge in [-0.15, -0.1) is 16.4 Å². The summed E-state index contributed by atoms with van der Waals surface area (Å²) in [7, 11) is 0. The fraction of sp³-hybridized carbons (Fsp3) is 0.0556. The number of rotatable bonds is 4. The molecule has 8 heteroatoms. The van der Waals surface area contributed by atoms with Gasteiger partial charge >= 0.3 is 5.97 Å². The van der Waals surface area contributed by atoms with Gasteiger partial charge in [0.25, 0.3) is 0 Å². The molecular formula is C18H13N5O2S. The van der Waals surface area contributed by atoms with Gasteiger partial charge in [0.15, 0.2) is 5.69 Å². The van der Waals surface area contributed by atoms with Crippen molar-refractivity contribution in [1.82, 2.24) is 25.2 Å². The Kier molecular flexibility index (Phi) is 4.24. The zero-order valence-electron chi connectivity index (χ0n) is 13.7. The van der Waals surface area contributed by atoms with Gasteiger partial charge in [-0.25, -0.2) is 14.5 Å². The lowest BCUT2D eigenvalue weighted by Crippen LogP contribution is -2.09. The minimum atomic E-state index is -0.491. The van der Waals surface area contributed by atoms with Gasteiger partial charge in [-0.1, -0.05) is 29.8 Å². The lowest BCUT2D eigenvalue weighted by Gasteiger charge is -2.04. The van der Waals surface area contributed by atoms with Gasteiger partial charge in [-0.3, -0.25) is 0 Å². The molecule has 0 radical (unpaired) electrons. The van der Waals surface area contributed by atoms with Gasteiger partial charge in [0.1, 0.15) is 17.1 Å². The van der Waals surface area contributed by atoms with Gasteiger partial charge in [-0.05, 0) is 41.6 Å². The van der Waals surface area contributed by atoms with Crippen molar-refractivity contribution in [3.05, 3.63) is 71.5 Å². The van der Waals surface area contributed by atoms with E-state index in [0.717, 1.165) is 16.3 Å². The van der Waals surface area contributed by atoms with Crippen molar-refractivity contribution >= 4 is 17.3 Å². The lowest BCUT2D eigenvalue weighted by molar-refractivity contribution is 0.0729. The van der Waals surface area contributed by atoms with Crippen LogP contribution in [0.25, 0.3) is 16.3 Å². The van der Waals surface area contributed by atoms with Gasteiger partial charge in [0.05, 0.1) is 5.69 Å². The molecule has 0 aliphatic carbocycles. The van der Waals surface area contributed by atoms with Crippen molar-refractivity contribution in [2.75, 3.05) is 0 Å². The van der Waals surface area contributed by atoms with Crippen LogP contribution in [0, 0.1) is 6.92 Å². The summed E-state index contributed by atoms with van der Waals surface area (Å²) in [6, 6.07) is 14.9. The van der Waals surface area contributed by atoms with Gasteiger partial charge in [0, 0.05) is 10.9 Å². The van der Waals surface area contributed by atoms with E-state index in [2.05, 4.69) is 20.5 Å². The first-order valence-electron chi connectivity index (χ1n) is 7.77. The molecule has 7 nitrogen and oxygen atoms in total. The SMILES string of the molecule is Cc1ccc(-c2nc(C(=O)Oc3ccc(-n4cnnn4)cc3)cs2)cc1. The van der Waals surface area contributed by atoms with E-state index < -0.39 is 5.97 Å². The van der Waals surface area contributed by atoms with Crippen LogP contribution in [0.1, 0.15) is 16.1 Å². The molecule has 0 aliphatic heterocycles. The molecule has 128 valence electrons. The molecule has 4 aromatic rings. The summed E-state index contributed by atoms with van der Waals surface area (Å²) in [5.74, 6) is -0.0634. The predicted molar refractivity (Wildman–Crippen MR) is 96.4 cm³/mol. The molecule has 0 amide bonds. The maximum absolute atomic E-state index is 12.3. The molecule has 0 aliphatic rings. The number of thiazole rings is 1. The third-order valence-corrected chi connectivity index (χ3v) is 4.56. The number of benzene rings is 2. The predicted octanol–water partition coefficient (Wildman–Crippen LogP) is 3.31. The number of nitrogens with zero attached hydrogens (tertiary/aromatic N) is 5. The van der Waals surface area contributed by atoms with Crippen LogP contribution in [-0.2, 0) is 0 Å². The fourth-order valence-electron chi connectivity index (χ4n) is 2.30. The van der Waals surface area contributed by atoms with Crippen LogP contribution in [0.15, 0.2) is 60.2 Å². The molecule has 0 atom stereocenters. The number of carbonyl (C=O) groups is 1. The third kappa shape index (κ3) is 3.35. The molecule has 0 saturated heterocycles. The molecule has 0 bridgehead atoms. The van der Waals surface area contributed by atoms with Crippen LogP contribution in [0.3, 0.4) is 0 Å². The summed E-state index contributed by atoms with van der Waals surface area (Å²) >= 11 is 1.41. The highest BCUT2D eigenvalue weighted by atomic mass is 32.1. The van der Waals surface area contributed by atoms with Crippen molar-refractivity contribution < 1.29 is 9.53 Å². The van der Waals surface area contributed by atoms with Crippen molar-refractivity contribution in [2.24, 2.45) is 0 Å². The maximum atomic E-state index is 12.3. The first kappa shape index (κ1) is 16.1. The van der Waals surface area contributed by atoms with Crippen LogP contribution in [0.5, 0.6) is 5.75 Å². The molecule has 2 aromatic carbocycles. The average molecular weight is 363 g/mol. The van der Waals surface area contributed by atoms with Crippen LogP contribution in [0.4, 0.5) is 0 Å². The first-order valence-corrected chi connectivity index (χ1v) is 8.65. The fourth-order valence-corrected chi connectivity index (χ4v) is 3.10. The molecule has 26 heavy (non-hydrogen) atoms. The summed E-state index contributed by atoms with van der Waals surface area (Å²) in [6.07, 6.45) is 1.49. The Morgan fingerprint density at radius 1 is 1.08 bits per heavy atom. The summed E-state index contributed by atoms with van der Waals surface area (Å²) < 4.78 is 6.90. The van der Waals surface area contributed by atoms with E-state index in [0.29, 0.717) is 5.75 Å². The number of hydrogen-bond donors (Lipinski definition) is 0. The summed E-state index contributed by atoms with van der Waals surface area (Å²) in [6.45, 7) is 2.03. The van der Waals surface area contributed by atoms with E-state index in [4.69, 9.17) is 4.74 Å². The van der Waals surface area contributed by atoms with Gasteiger partial charge in [0.2, 0.25) is 0 Å². The number of hydrogen-bond acceptors (Lipinski definition) is 7. The summed E-state index contributed by atoms with van der Waals surface area (Å²) in [4.78, 5) is 16.7. The smallest absolute Gasteiger partial charge is 0.363 e. The molecule has 0 spiro atoms. The highest BCUT2D eigenvalue weighted by Gasteiger charge is 2.14. The number of aryl methyl sites for hydroxylation is 1. The monoisotopic (exact) mass is 363 g/mol. The van der Waals surface area contributed by atoms with Crippen molar-refractivity contribution in [1.29, 1.82) is 0 Å². The Hall–Kier alpha value is -3.39. The summed E-state index contributed by atoms with van der Waals surface area (Å²) in [5, 5.41) is 13.4. The highest BCUT2D eigenvalue weighted by Crippen LogP contribution is 2.25. The average Bonchev–Trinajstić information content (AvgIpc) is 3.35. The summed E-state index contributed by atoms with van der Waals surface area (Å²) in [5.41, 5.74) is 3.21. The Balaban J connectivity index is 1.47. The minimum Gasteiger partial charge on any atom is -0.422 e. The lowest BCUT2D eigenvalue weighted by atomic mass is 10.2. The van der Waals surface area contributed by atoms with E-state index >= 15 is 0 Å². The molecule has 0 fully saturated rings. The quantitative estimate of drug-likeness (QED) is 0.409. The molecule has 4 rings (SSSR count). The number of carbonyl (C=O) groups excluding carboxylic acids is 1. The number of ether oxygens (including phenoxy) is 1. The minimum absolute atomic E-state index is 0.287. The largest absolute Gasteiger partial charge is 0.422 e. The van der Waals surface area contributed by atoms with Crippen LogP contribution in [0.2, 0.25) is 0 Å². The van der Waals surface area contributed by atoms with Crippen LogP contribution >= 0.6 is 11.3 Å².